The highest BCUT2D eigenvalue weighted by molar-refractivity contribution is 6.70. The van der Waals surface area contributed by atoms with Crippen LogP contribution in [0.25, 0.3) is 10.8 Å². The van der Waals surface area contributed by atoms with Gasteiger partial charge in [-0.1, -0.05) is 24.3 Å². The number of para-hydroxylation sites is 2. The van der Waals surface area contributed by atoms with Crippen LogP contribution in [0.3, 0.4) is 0 Å². The highest BCUT2D eigenvalue weighted by Gasteiger charge is 2.36. The van der Waals surface area contributed by atoms with E-state index < -0.39 is 8.32 Å². The third-order valence-corrected chi connectivity index (χ3v) is 5.44. The summed E-state index contributed by atoms with van der Waals surface area (Å²) in [5.74, 6) is 0.468. The van der Waals surface area contributed by atoms with E-state index in [1.807, 2.05) is 12.1 Å². The highest BCUT2D eigenvalue weighted by Crippen LogP contribution is 2.39. The predicted octanol–water partition coefficient (Wildman–Crippen LogP) is 4.86. The molecule has 0 bridgehead atoms. The van der Waals surface area contributed by atoms with Crippen molar-refractivity contribution in [3.8, 4) is 11.5 Å². The van der Waals surface area contributed by atoms with Gasteiger partial charge in [0.05, 0.1) is 12.8 Å². The van der Waals surface area contributed by atoms with Crippen molar-refractivity contribution in [1.29, 1.82) is 0 Å². The zero-order chi connectivity index (χ0) is 20.1. The van der Waals surface area contributed by atoms with Crippen molar-refractivity contribution in [2.24, 2.45) is 0 Å². The Labute approximate surface area is 164 Å². The van der Waals surface area contributed by atoms with Crippen LogP contribution in [0, 0.1) is 0 Å². The molecule has 1 aliphatic rings. The topological polar surface area (TPSA) is 55.8 Å². The number of anilines is 1. The first-order chi connectivity index (χ1) is 13.3. The largest absolute Gasteiger partial charge is 0.543 e. The first-order valence-electron chi connectivity index (χ1n) is 9.08. The summed E-state index contributed by atoms with van der Waals surface area (Å²) in [6.45, 7) is 6.18. The number of hydrogen-bond donors (Lipinski definition) is 0. The van der Waals surface area contributed by atoms with Crippen molar-refractivity contribution in [3.05, 3.63) is 65.7 Å². The molecule has 2 amide bonds. The Morgan fingerprint density at radius 1 is 0.786 bits per heavy atom. The van der Waals surface area contributed by atoms with E-state index in [0.29, 0.717) is 33.7 Å². The van der Waals surface area contributed by atoms with Crippen LogP contribution in [-0.2, 0) is 0 Å². The summed E-state index contributed by atoms with van der Waals surface area (Å²) >= 11 is 0. The summed E-state index contributed by atoms with van der Waals surface area (Å²) < 4.78 is 11.6. The van der Waals surface area contributed by atoms with Gasteiger partial charge in [-0.05, 0) is 50.0 Å². The molecule has 1 aliphatic heterocycles. The minimum absolute atomic E-state index is 0.358. The Kier molecular flexibility index (Phi) is 4.23. The molecule has 3 aromatic carbocycles. The zero-order valence-electron chi connectivity index (χ0n) is 16.3. The minimum Gasteiger partial charge on any atom is -0.543 e. The number of carbonyl (C=O) groups excluding carboxylic acids is 2. The standard InChI is InChI=1S/C22H21NO4Si/c1-26-18-13-12-16-20-14(18)8-7-9-15(20)21(24)23(22(16)25)17-10-5-6-11-19(17)27-28(2,3)4/h5-13H,1-4H3. The van der Waals surface area contributed by atoms with Crippen LogP contribution < -0.4 is 14.1 Å². The molecule has 0 N–H and O–H groups in total. The lowest BCUT2D eigenvalue weighted by molar-refractivity contribution is 0.0892. The van der Waals surface area contributed by atoms with Gasteiger partial charge in [-0.2, -0.15) is 0 Å². The molecule has 0 saturated heterocycles. The number of methoxy groups -OCH3 is 1. The fraction of sp³-hybridized carbons (Fsp3) is 0.182. The van der Waals surface area contributed by atoms with Gasteiger partial charge in [-0.25, -0.2) is 4.90 Å². The molecule has 0 fully saturated rings. The van der Waals surface area contributed by atoms with Crippen LogP contribution >= 0.6 is 0 Å². The van der Waals surface area contributed by atoms with Gasteiger partial charge in [-0.15, -0.1) is 0 Å². The van der Waals surface area contributed by atoms with Crippen LogP contribution in [0.15, 0.2) is 54.6 Å². The van der Waals surface area contributed by atoms with Crippen molar-refractivity contribution in [1.82, 2.24) is 0 Å². The number of benzene rings is 3. The van der Waals surface area contributed by atoms with Crippen LogP contribution in [0.5, 0.6) is 11.5 Å². The third kappa shape index (κ3) is 2.86. The van der Waals surface area contributed by atoms with E-state index in [-0.39, 0.29) is 11.8 Å². The van der Waals surface area contributed by atoms with Gasteiger partial charge in [0.15, 0.2) is 0 Å². The van der Waals surface area contributed by atoms with E-state index in [0.717, 1.165) is 5.39 Å². The van der Waals surface area contributed by atoms with E-state index in [1.54, 1.807) is 49.6 Å². The number of rotatable bonds is 4. The molecular weight excluding hydrogens is 370 g/mol. The summed E-state index contributed by atoms with van der Waals surface area (Å²) in [5.41, 5.74) is 1.43. The van der Waals surface area contributed by atoms with Crippen molar-refractivity contribution in [2.75, 3.05) is 12.0 Å². The highest BCUT2D eigenvalue weighted by atomic mass is 28.4. The molecule has 6 heteroatoms. The third-order valence-electron chi connectivity index (χ3n) is 4.61. The molecule has 142 valence electrons. The normalized spacial score (nSPS) is 13.8. The van der Waals surface area contributed by atoms with Gasteiger partial charge in [0.1, 0.15) is 11.5 Å². The second kappa shape index (κ2) is 6.49. The fourth-order valence-corrected chi connectivity index (χ4v) is 4.36. The second-order valence-corrected chi connectivity index (χ2v) is 12.1. The maximum absolute atomic E-state index is 13.4. The molecule has 0 atom stereocenters. The van der Waals surface area contributed by atoms with Crippen molar-refractivity contribution < 1.29 is 18.8 Å². The smallest absolute Gasteiger partial charge is 0.266 e. The zero-order valence-corrected chi connectivity index (χ0v) is 17.3. The SMILES string of the molecule is COc1ccc2c3c(cccc13)C(=O)N(c1ccccc1O[Si](C)(C)C)C2=O. The summed E-state index contributed by atoms with van der Waals surface area (Å²) in [6, 6.07) is 16.1. The van der Waals surface area contributed by atoms with E-state index in [1.165, 1.54) is 4.90 Å². The van der Waals surface area contributed by atoms with Gasteiger partial charge >= 0.3 is 0 Å². The molecule has 0 aliphatic carbocycles. The quantitative estimate of drug-likeness (QED) is 0.471. The first kappa shape index (κ1) is 18.2. The van der Waals surface area contributed by atoms with Gasteiger partial charge in [-0.3, -0.25) is 9.59 Å². The molecular formula is C22H21NO4Si. The van der Waals surface area contributed by atoms with Crippen LogP contribution in [0.4, 0.5) is 5.69 Å². The molecule has 0 spiro atoms. The number of carbonyl (C=O) groups is 2. The lowest BCUT2D eigenvalue weighted by Crippen LogP contribution is -2.41. The Balaban J connectivity index is 1.92. The van der Waals surface area contributed by atoms with E-state index in [9.17, 15) is 9.59 Å². The lowest BCUT2D eigenvalue weighted by atomic mass is 9.93. The molecule has 4 rings (SSSR count). The molecule has 0 aromatic heterocycles. The number of imide groups is 1. The molecule has 3 aromatic rings. The molecule has 28 heavy (non-hydrogen) atoms. The Hall–Kier alpha value is -3.12. The summed E-state index contributed by atoms with van der Waals surface area (Å²) in [5, 5.41) is 1.39. The average Bonchev–Trinajstić information content (AvgIpc) is 2.66. The number of amides is 2. The lowest BCUT2D eigenvalue weighted by Gasteiger charge is -2.30. The van der Waals surface area contributed by atoms with E-state index in [4.69, 9.17) is 9.16 Å². The van der Waals surface area contributed by atoms with E-state index in [2.05, 4.69) is 19.6 Å². The molecule has 0 unspecified atom stereocenters. The van der Waals surface area contributed by atoms with Crippen LogP contribution in [0.2, 0.25) is 19.6 Å². The number of nitrogens with zero attached hydrogens (tertiary/aromatic N) is 1. The average molecular weight is 391 g/mol. The number of hydrogen-bond acceptors (Lipinski definition) is 4. The van der Waals surface area contributed by atoms with Gasteiger partial charge < -0.3 is 9.16 Å². The fourth-order valence-electron chi connectivity index (χ4n) is 3.52. The van der Waals surface area contributed by atoms with Crippen molar-refractivity contribution in [3.63, 3.8) is 0 Å². The van der Waals surface area contributed by atoms with Gasteiger partial charge in [0, 0.05) is 21.9 Å². The maximum Gasteiger partial charge on any atom is 0.266 e. The van der Waals surface area contributed by atoms with Crippen molar-refractivity contribution >= 4 is 36.6 Å². The number of ether oxygens (including phenoxy) is 1. The first-order valence-corrected chi connectivity index (χ1v) is 12.5. The van der Waals surface area contributed by atoms with Crippen LogP contribution in [-0.4, -0.2) is 27.2 Å². The second-order valence-electron chi connectivity index (χ2n) is 7.67. The Morgan fingerprint density at radius 3 is 2.14 bits per heavy atom. The molecule has 5 nitrogen and oxygen atoms in total. The van der Waals surface area contributed by atoms with E-state index >= 15 is 0 Å². The van der Waals surface area contributed by atoms with Gasteiger partial charge in [0.2, 0.25) is 8.32 Å². The monoisotopic (exact) mass is 391 g/mol. The Bertz CT molecular complexity index is 1090. The maximum atomic E-state index is 13.4. The Morgan fingerprint density at radius 2 is 1.46 bits per heavy atom. The molecule has 1 heterocycles. The molecule has 0 saturated carbocycles. The molecule has 0 radical (unpaired) electrons. The summed E-state index contributed by atoms with van der Waals surface area (Å²) in [7, 11) is -0.360. The summed E-state index contributed by atoms with van der Waals surface area (Å²) in [4.78, 5) is 27.9. The van der Waals surface area contributed by atoms with Crippen molar-refractivity contribution in [2.45, 2.75) is 19.6 Å². The predicted molar refractivity (Wildman–Crippen MR) is 112 cm³/mol. The van der Waals surface area contributed by atoms with Gasteiger partial charge in [0.25, 0.3) is 11.8 Å². The summed E-state index contributed by atoms with van der Waals surface area (Å²) in [6.07, 6.45) is 0. The minimum atomic E-state index is -1.94. The van der Waals surface area contributed by atoms with Crippen LogP contribution in [0.1, 0.15) is 20.7 Å².